The summed E-state index contributed by atoms with van der Waals surface area (Å²) in [5, 5.41) is 3.08. The van der Waals surface area contributed by atoms with Crippen molar-refractivity contribution in [2.45, 2.75) is 19.5 Å². The van der Waals surface area contributed by atoms with Crippen LogP contribution in [0.2, 0.25) is 0 Å². The summed E-state index contributed by atoms with van der Waals surface area (Å²) < 4.78 is 40.3. The van der Waals surface area contributed by atoms with Gasteiger partial charge in [-0.1, -0.05) is 28.1 Å². The third kappa shape index (κ3) is 3.61. The Kier molecular flexibility index (Phi) is 4.83. The fraction of sp³-hybridized carbons (Fsp3) is 0.200. The van der Waals surface area contributed by atoms with Crippen molar-refractivity contribution < 1.29 is 13.2 Å². The minimum Gasteiger partial charge on any atom is -0.306 e. The van der Waals surface area contributed by atoms with Crippen LogP contribution in [0.1, 0.15) is 24.1 Å². The van der Waals surface area contributed by atoms with Crippen LogP contribution in [0.25, 0.3) is 0 Å². The first-order chi connectivity index (χ1) is 9.47. The zero-order valence-electron chi connectivity index (χ0n) is 10.8. The van der Waals surface area contributed by atoms with Crippen LogP contribution in [0.5, 0.6) is 0 Å². The van der Waals surface area contributed by atoms with Gasteiger partial charge in [0.05, 0.1) is 0 Å². The van der Waals surface area contributed by atoms with Crippen LogP contribution in [-0.2, 0) is 6.54 Å². The van der Waals surface area contributed by atoms with E-state index in [4.69, 9.17) is 0 Å². The molecule has 0 radical (unpaired) electrons. The smallest absolute Gasteiger partial charge is 0.159 e. The van der Waals surface area contributed by atoms with Gasteiger partial charge in [0, 0.05) is 22.6 Å². The number of hydrogen-bond acceptors (Lipinski definition) is 1. The highest BCUT2D eigenvalue weighted by molar-refractivity contribution is 9.10. The van der Waals surface area contributed by atoms with Gasteiger partial charge >= 0.3 is 0 Å². The SMILES string of the molecule is CC(NCc1ccc(Br)cc1F)c1ccc(F)c(F)c1. The minimum atomic E-state index is -0.883. The highest BCUT2D eigenvalue weighted by Gasteiger charge is 2.10. The summed E-state index contributed by atoms with van der Waals surface area (Å²) >= 11 is 3.19. The van der Waals surface area contributed by atoms with E-state index in [1.807, 2.05) is 6.92 Å². The maximum absolute atomic E-state index is 13.6. The first kappa shape index (κ1) is 15.1. The van der Waals surface area contributed by atoms with Crippen molar-refractivity contribution in [1.29, 1.82) is 0 Å². The summed E-state index contributed by atoms with van der Waals surface area (Å²) in [6.45, 7) is 2.11. The summed E-state index contributed by atoms with van der Waals surface area (Å²) in [5.74, 6) is -2.07. The van der Waals surface area contributed by atoms with E-state index in [0.29, 0.717) is 22.1 Å². The summed E-state index contributed by atoms with van der Waals surface area (Å²) in [6.07, 6.45) is 0. The molecule has 106 valence electrons. The van der Waals surface area contributed by atoms with E-state index in [0.717, 1.165) is 12.1 Å². The molecular formula is C15H13BrF3N. The summed E-state index contributed by atoms with van der Waals surface area (Å²) in [7, 11) is 0. The van der Waals surface area contributed by atoms with Gasteiger partial charge < -0.3 is 5.32 Å². The molecule has 0 saturated carbocycles. The van der Waals surface area contributed by atoms with E-state index >= 15 is 0 Å². The molecule has 1 atom stereocenters. The molecule has 1 unspecified atom stereocenters. The molecule has 0 fully saturated rings. The monoisotopic (exact) mass is 343 g/mol. The summed E-state index contributed by atoms with van der Waals surface area (Å²) in [5.41, 5.74) is 1.13. The number of halogens is 4. The van der Waals surface area contributed by atoms with Crippen molar-refractivity contribution in [3.63, 3.8) is 0 Å². The highest BCUT2D eigenvalue weighted by Crippen LogP contribution is 2.18. The molecule has 0 spiro atoms. The first-order valence-electron chi connectivity index (χ1n) is 6.09. The number of rotatable bonds is 4. The van der Waals surface area contributed by atoms with Crippen LogP contribution >= 0.6 is 15.9 Å². The molecule has 0 amide bonds. The molecule has 1 N–H and O–H groups in total. The molecule has 0 saturated heterocycles. The van der Waals surface area contributed by atoms with Crippen LogP contribution in [0.3, 0.4) is 0 Å². The third-order valence-corrected chi connectivity index (χ3v) is 3.55. The quantitative estimate of drug-likeness (QED) is 0.847. The van der Waals surface area contributed by atoms with Crippen molar-refractivity contribution in [3.8, 4) is 0 Å². The second-order valence-electron chi connectivity index (χ2n) is 4.51. The zero-order valence-corrected chi connectivity index (χ0v) is 12.3. The molecule has 2 aromatic carbocycles. The molecule has 5 heteroatoms. The van der Waals surface area contributed by atoms with E-state index in [-0.39, 0.29) is 11.9 Å². The van der Waals surface area contributed by atoms with Crippen molar-refractivity contribution in [2.75, 3.05) is 0 Å². The van der Waals surface area contributed by atoms with Crippen molar-refractivity contribution in [1.82, 2.24) is 5.32 Å². The van der Waals surface area contributed by atoms with Gasteiger partial charge in [0.1, 0.15) is 5.82 Å². The molecule has 0 aromatic heterocycles. The maximum atomic E-state index is 13.6. The molecule has 0 aliphatic rings. The minimum absolute atomic E-state index is 0.215. The van der Waals surface area contributed by atoms with E-state index in [1.54, 1.807) is 12.1 Å². The fourth-order valence-electron chi connectivity index (χ4n) is 1.83. The van der Waals surface area contributed by atoms with Crippen molar-refractivity contribution >= 4 is 15.9 Å². The van der Waals surface area contributed by atoms with Crippen LogP contribution in [0.15, 0.2) is 40.9 Å². The summed E-state index contributed by atoms with van der Waals surface area (Å²) in [4.78, 5) is 0. The maximum Gasteiger partial charge on any atom is 0.159 e. The van der Waals surface area contributed by atoms with Crippen molar-refractivity contribution in [3.05, 3.63) is 69.4 Å². The number of benzene rings is 2. The molecule has 20 heavy (non-hydrogen) atoms. The standard InChI is InChI=1S/C15H13BrF3N/c1-9(10-3-5-13(17)15(19)6-10)20-8-11-2-4-12(16)7-14(11)18/h2-7,9,20H,8H2,1H3. The Morgan fingerprint density at radius 3 is 2.40 bits per heavy atom. The lowest BCUT2D eigenvalue weighted by atomic mass is 10.1. The van der Waals surface area contributed by atoms with Crippen LogP contribution in [-0.4, -0.2) is 0 Å². The molecule has 1 nitrogen and oxygen atoms in total. The Labute approximate surface area is 123 Å². The number of nitrogens with one attached hydrogen (secondary N) is 1. The van der Waals surface area contributed by atoms with Crippen LogP contribution in [0.4, 0.5) is 13.2 Å². The molecule has 0 bridgehead atoms. The van der Waals surface area contributed by atoms with Gasteiger partial charge in [-0.3, -0.25) is 0 Å². The largest absolute Gasteiger partial charge is 0.306 e. The highest BCUT2D eigenvalue weighted by atomic mass is 79.9. The molecule has 0 heterocycles. The second-order valence-corrected chi connectivity index (χ2v) is 5.43. The Hall–Kier alpha value is -1.33. The van der Waals surface area contributed by atoms with Gasteiger partial charge in [-0.25, -0.2) is 13.2 Å². The molecule has 2 aromatic rings. The van der Waals surface area contributed by atoms with E-state index in [1.165, 1.54) is 12.1 Å². The van der Waals surface area contributed by atoms with Gasteiger partial charge in [0.2, 0.25) is 0 Å². The Balaban J connectivity index is 2.04. The Bertz CT molecular complexity index is 616. The van der Waals surface area contributed by atoms with Gasteiger partial charge in [0.15, 0.2) is 11.6 Å². The predicted molar refractivity (Wildman–Crippen MR) is 75.7 cm³/mol. The topological polar surface area (TPSA) is 12.0 Å². The van der Waals surface area contributed by atoms with Crippen LogP contribution in [0, 0.1) is 17.5 Å². The molecular weight excluding hydrogens is 331 g/mol. The molecule has 0 aliphatic heterocycles. The first-order valence-corrected chi connectivity index (χ1v) is 6.89. The van der Waals surface area contributed by atoms with Gasteiger partial charge in [-0.2, -0.15) is 0 Å². The average molecular weight is 344 g/mol. The normalized spacial score (nSPS) is 12.4. The predicted octanol–water partition coefficient (Wildman–Crippen LogP) is 4.72. The Morgan fingerprint density at radius 1 is 1.00 bits per heavy atom. The average Bonchev–Trinajstić information content (AvgIpc) is 2.40. The summed E-state index contributed by atoms with van der Waals surface area (Å²) in [6, 6.07) is 8.33. The fourth-order valence-corrected chi connectivity index (χ4v) is 2.16. The third-order valence-electron chi connectivity index (χ3n) is 3.06. The lowest BCUT2D eigenvalue weighted by Gasteiger charge is -2.15. The van der Waals surface area contributed by atoms with Crippen LogP contribution < -0.4 is 5.32 Å². The van der Waals surface area contributed by atoms with Gasteiger partial charge in [-0.05, 0) is 36.8 Å². The lowest BCUT2D eigenvalue weighted by Crippen LogP contribution is -2.19. The van der Waals surface area contributed by atoms with Crippen molar-refractivity contribution in [2.24, 2.45) is 0 Å². The Morgan fingerprint density at radius 2 is 1.75 bits per heavy atom. The van der Waals surface area contributed by atoms with Gasteiger partial charge in [-0.15, -0.1) is 0 Å². The zero-order chi connectivity index (χ0) is 14.7. The molecule has 0 aliphatic carbocycles. The van der Waals surface area contributed by atoms with E-state index in [9.17, 15) is 13.2 Å². The van der Waals surface area contributed by atoms with E-state index in [2.05, 4.69) is 21.2 Å². The lowest BCUT2D eigenvalue weighted by molar-refractivity contribution is 0.499. The number of hydrogen-bond donors (Lipinski definition) is 1. The van der Waals surface area contributed by atoms with Gasteiger partial charge in [0.25, 0.3) is 0 Å². The molecule has 2 rings (SSSR count). The second kappa shape index (κ2) is 6.41. The van der Waals surface area contributed by atoms with E-state index < -0.39 is 11.6 Å².